The Kier molecular flexibility index (Phi) is 7.27. The van der Waals surface area contributed by atoms with Crippen molar-refractivity contribution >= 4 is 23.3 Å². The molecule has 0 saturated heterocycles. The summed E-state index contributed by atoms with van der Waals surface area (Å²) >= 11 is 0. The number of ether oxygens (including phenoxy) is 1. The van der Waals surface area contributed by atoms with Crippen LogP contribution in [-0.4, -0.2) is 32.1 Å². The summed E-state index contributed by atoms with van der Waals surface area (Å²) in [6.07, 6.45) is 0. The largest absolute Gasteiger partial charge is 0.491 e. The number of hydrogen-bond acceptors (Lipinski definition) is 3. The summed E-state index contributed by atoms with van der Waals surface area (Å²) in [6.45, 7) is 4.70. The van der Waals surface area contributed by atoms with E-state index in [4.69, 9.17) is 4.74 Å². The van der Waals surface area contributed by atoms with Gasteiger partial charge in [0.25, 0.3) is 5.91 Å². The molecule has 0 aliphatic heterocycles. The molecule has 0 heterocycles. The van der Waals surface area contributed by atoms with Crippen LogP contribution < -0.4 is 20.3 Å². The lowest BCUT2D eigenvalue weighted by molar-refractivity contribution is 0.0993. The van der Waals surface area contributed by atoms with Gasteiger partial charge in [-0.15, -0.1) is 0 Å². The predicted molar refractivity (Wildman–Crippen MR) is 124 cm³/mol. The van der Waals surface area contributed by atoms with Crippen LogP contribution in [0, 0.1) is 13.8 Å². The molecule has 0 bridgehead atoms. The molecule has 2 N–H and O–H groups in total. The fourth-order valence-corrected chi connectivity index (χ4v) is 3.21. The normalized spacial score (nSPS) is 10.3. The van der Waals surface area contributed by atoms with E-state index in [1.54, 1.807) is 36.2 Å². The van der Waals surface area contributed by atoms with E-state index in [1.165, 1.54) is 0 Å². The number of nitrogens with zero attached hydrogens (tertiary/aromatic N) is 1. The van der Waals surface area contributed by atoms with E-state index < -0.39 is 0 Å². The van der Waals surface area contributed by atoms with Gasteiger partial charge in [-0.1, -0.05) is 42.5 Å². The Hall–Kier alpha value is -3.80. The lowest BCUT2D eigenvalue weighted by Gasteiger charge is -2.18. The standard InChI is InChI=1S/C25H27N3O3/c1-18-9-7-10-19(2)23(18)31-16-15-26-25(30)27-21-12-8-11-20(17-21)24(29)28(3)22-13-5-4-6-14-22/h4-14,17H,15-16H2,1-3H3,(H2,26,27,30). The summed E-state index contributed by atoms with van der Waals surface area (Å²) in [4.78, 5) is 26.6. The van der Waals surface area contributed by atoms with Crippen molar-refractivity contribution in [3.05, 3.63) is 89.5 Å². The van der Waals surface area contributed by atoms with Crippen molar-refractivity contribution in [1.82, 2.24) is 5.32 Å². The second kappa shape index (κ2) is 10.3. The first-order valence-corrected chi connectivity index (χ1v) is 10.1. The summed E-state index contributed by atoms with van der Waals surface area (Å²) in [7, 11) is 1.72. The van der Waals surface area contributed by atoms with Crippen LogP contribution >= 0.6 is 0 Å². The first-order chi connectivity index (χ1) is 15.0. The highest BCUT2D eigenvalue weighted by Crippen LogP contribution is 2.22. The number of urea groups is 1. The van der Waals surface area contributed by atoms with Crippen LogP contribution in [0.25, 0.3) is 0 Å². The van der Waals surface area contributed by atoms with Gasteiger partial charge in [-0.3, -0.25) is 4.79 Å². The molecular weight excluding hydrogens is 390 g/mol. The number of amides is 3. The quantitative estimate of drug-likeness (QED) is 0.544. The molecule has 0 saturated carbocycles. The number of para-hydroxylation sites is 2. The summed E-state index contributed by atoms with van der Waals surface area (Å²) in [6, 6.07) is 21.9. The van der Waals surface area contributed by atoms with E-state index in [0.29, 0.717) is 24.4 Å². The molecule has 160 valence electrons. The van der Waals surface area contributed by atoms with Gasteiger partial charge >= 0.3 is 6.03 Å². The number of aryl methyl sites for hydroxylation is 2. The molecule has 0 aromatic heterocycles. The van der Waals surface area contributed by atoms with Gasteiger partial charge in [-0.25, -0.2) is 4.79 Å². The number of carbonyl (C=O) groups is 2. The second-order valence-electron chi connectivity index (χ2n) is 7.23. The van der Waals surface area contributed by atoms with Crippen molar-refractivity contribution in [2.75, 3.05) is 30.4 Å². The summed E-state index contributed by atoms with van der Waals surface area (Å²) in [5.41, 5.74) is 3.95. The fourth-order valence-electron chi connectivity index (χ4n) is 3.21. The average Bonchev–Trinajstić information content (AvgIpc) is 2.78. The Bertz CT molecular complexity index is 1030. The Morgan fingerprint density at radius 2 is 1.58 bits per heavy atom. The smallest absolute Gasteiger partial charge is 0.319 e. The van der Waals surface area contributed by atoms with Gasteiger partial charge in [0.05, 0.1) is 6.54 Å². The molecule has 31 heavy (non-hydrogen) atoms. The number of hydrogen-bond donors (Lipinski definition) is 2. The zero-order chi connectivity index (χ0) is 22.2. The highest BCUT2D eigenvalue weighted by Gasteiger charge is 2.14. The Labute approximate surface area is 182 Å². The summed E-state index contributed by atoms with van der Waals surface area (Å²) in [5.74, 6) is 0.690. The molecule has 3 aromatic carbocycles. The zero-order valence-electron chi connectivity index (χ0n) is 18.0. The predicted octanol–water partition coefficient (Wildman–Crippen LogP) is 4.78. The van der Waals surface area contributed by atoms with Gasteiger partial charge in [-0.05, 0) is 55.3 Å². The van der Waals surface area contributed by atoms with Crippen LogP contribution in [0.4, 0.5) is 16.2 Å². The van der Waals surface area contributed by atoms with E-state index in [2.05, 4.69) is 10.6 Å². The number of nitrogens with one attached hydrogen (secondary N) is 2. The van der Waals surface area contributed by atoms with Crippen molar-refractivity contribution in [2.45, 2.75) is 13.8 Å². The number of benzene rings is 3. The van der Waals surface area contributed by atoms with Crippen molar-refractivity contribution in [2.24, 2.45) is 0 Å². The zero-order valence-corrected chi connectivity index (χ0v) is 18.0. The first-order valence-electron chi connectivity index (χ1n) is 10.1. The van der Waals surface area contributed by atoms with Gasteiger partial charge in [0.15, 0.2) is 0 Å². The number of carbonyl (C=O) groups excluding carboxylic acids is 2. The van der Waals surface area contributed by atoms with E-state index in [9.17, 15) is 9.59 Å². The molecule has 0 fully saturated rings. The van der Waals surface area contributed by atoms with E-state index in [-0.39, 0.29) is 11.9 Å². The molecular formula is C25H27N3O3. The van der Waals surface area contributed by atoms with Crippen LogP contribution in [0.2, 0.25) is 0 Å². The van der Waals surface area contributed by atoms with Gasteiger partial charge in [0, 0.05) is 24.0 Å². The van der Waals surface area contributed by atoms with E-state index in [1.807, 2.05) is 62.4 Å². The second-order valence-corrected chi connectivity index (χ2v) is 7.23. The van der Waals surface area contributed by atoms with E-state index >= 15 is 0 Å². The molecule has 0 unspecified atom stereocenters. The van der Waals surface area contributed by atoms with Crippen LogP contribution in [0.1, 0.15) is 21.5 Å². The SMILES string of the molecule is Cc1cccc(C)c1OCCNC(=O)Nc1cccc(C(=O)N(C)c2ccccc2)c1. The summed E-state index contributed by atoms with van der Waals surface area (Å²) in [5, 5.41) is 5.53. The minimum atomic E-state index is -0.355. The molecule has 0 spiro atoms. The molecule has 0 radical (unpaired) electrons. The third kappa shape index (κ3) is 5.85. The third-order valence-corrected chi connectivity index (χ3v) is 4.86. The Morgan fingerprint density at radius 3 is 2.29 bits per heavy atom. The van der Waals surface area contributed by atoms with Crippen molar-refractivity contribution in [1.29, 1.82) is 0 Å². The fraction of sp³-hybridized carbons (Fsp3) is 0.200. The number of anilines is 2. The maximum Gasteiger partial charge on any atom is 0.319 e. The number of rotatable bonds is 7. The molecule has 6 nitrogen and oxygen atoms in total. The highest BCUT2D eigenvalue weighted by molar-refractivity contribution is 6.06. The molecule has 6 heteroatoms. The Morgan fingerprint density at radius 1 is 0.903 bits per heavy atom. The van der Waals surface area contributed by atoms with Gasteiger partial charge in [-0.2, -0.15) is 0 Å². The van der Waals surface area contributed by atoms with Gasteiger partial charge < -0.3 is 20.3 Å². The average molecular weight is 418 g/mol. The minimum Gasteiger partial charge on any atom is -0.491 e. The molecule has 3 rings (SSSR count). The van der Waals surface area contributed by atoms with Crippen molar-refractivity contribution in [3.8, 4) is 5.75 Å². The lowest BCUT2D eigenvalue weighted by Crippen LogP contribution is -2.32. The maximum absolute atomic E-state index is 12.8. The molecule has 3 amide bonds. The van der Waals surface area contributed by atoms with Crippen molar-refractivity contribution < 1.29 is 14.3 Å². The van der Waals surface area contributed by atoms with Gasteiger partial charge in [0.1, 0.15) is 12.4 Å². The topological polar surface area (TPSA) is 70.7 Å². The van der Waals surface area contributed by atoms with Crippen LogP contribution in [-0.2, 0) is 0 Å². The Balaban J connectivity index is 1.52. The van der Waals surface area contributed by atoms with E-state index in [0.717, 1.165) is 22.6 Å². The van der Waals surface area contributed by atoms with Gasteiger partial charge in [0.2, 0.25) is 0 Å². The molecule has 0 aliphatic rings. The summed E-state index contributed by atoms with van der Waals surface area (Å²) < 4.78 is 5.79. The first kappa shape index (κ1) is 21.9. The lowest BCUT2D eigenvalue weighted by atomic mass is 10.1. The molecule has 0 atom stereocenters. The van der Waals surface area contributed by atoms with Crippen LogP contribution in [0.3, 0.4) is 0 Å². The van der Waals surface area contributed by atoms with Crippen LogP contribution in [0.5, 0.6) is 5.75 Å². The van der Waals surface area contributed by atoms with Crippen molar-refractivity contribution in [3.63, 3.8) is 0 Å². The molecule has 3 aromatic rings. The molecule has 0 aliphatic carbocycles. The monoisotopic (exact) mass is 417 g/mol. The van der Waals surface area contributed by atoms with Crippen LogP contribution in [0.15, 0.2) is 72.8 Å². The highest BCUT2D eigenvalue weighted by atomic mass is 16.5. The maximum atomic E-state index is 12.8. The minimum absolute atomic E-state index is 0.155. The third-order valence-electron chi connectivity index (χ3n) is 4.86.